The maximum Gasteiger partial charge on any atom is 0.337 e. The first kappa shape index (κ1) is 26.9. The molecule has 40 heavy (non-hydrogen) atoms. The van der Waals surface area contributed by atoms with E-state index >= 15 is 0 Å². The van der Waals surface area contributed by atoms with E-state index in [1.54, 1.807) is 0 Å². The van der Waals surface area contributed by atoms with Gasteiger partial charge < -0.3 is 14.2 Å². The van der Waals surface area contributed by atoms with Crippen molar-refractivity contribution in [1.29, 1.82) is 0 Å². The SMILES string of the molecule is COC(=O)c1ccc(-c2ccc3cc(OCCCCCOC(C)=O)c(C45CC6CC(CC(C6)C4)C5)cc3c2)cc1. The fourth-order valence-corrected chi connectivity index (χ4v) is 8.13. The lowest BCUT2D eigenvalue weighted by Gasteiger charge is -2.57. The molecule has 5 heteroatoms. The number of ether oxygens (including phenoxy) is 3. The minimum absolute atomic E-state index is 0.214. The van der Waals surface area contributed by atoms with Crippen LogP contribution in [0, 0.1) is 17.8 Å². The molecule has 0 spiro atoms. The summed E-state index contributed by atoms with van der Waals surface area (Å²) in [5, 5.41) is 2.43. The van der Waals surface area contributed by atoms with Crippen LogP contribution in [0.15, 0.2) is 54.6 Å². The molecule has 5 nitrogen and oxygen atoms in total. The highest BCUT2D eigenvalue weighted by Crippen LogP contribution is 2.62. The first-order chi connectivity index (χ1) is 19.4. The second kappa shape index (κ2) is 11.3. The van der Waals surface area contributed by atoms with Crippen molar-refractivity contribution in [1.82, 2.24) is 0 Å². The molecule has 0 N–H and O–H groups in total. The van der Waals surface area contributed by atoms with Crippen molar-refractivity contribution in [3.8, 4) is 16.9 Å². The van der Waals surface area contributed by atoms with Gasteiger partial charge in [0.1, 0.15) is 5.75 Å². The Labute approximate surface area is 237 Å². The third-order valence-electron chi connectivity index (χ3n) is 9.54. The number of carbonyl (C=O) groups excluding carboxylic acids is 2. The van der Waals surface area contributed by atoms with Crippen LogP contribution in [0.5, 0.6) is 5.75 Å². The fraction of sp³-hybridized carbons (Fsp3) is 0.486. The van der Waals surface area contributed by atoms with E-state index < -0.39 is 0 Å². The highest BCUT2D eigenvalue weighted by atomic mass is 16.5. The van der Waals surface area contributed by atoms with Crippen LogP contribution in [0.1, 0.15) is 80.6 Å². The number of unbranched alkanes of at least 4 members (excludes halogenated alkanes) is 2. The number of rotatable bonds is 10. The topological polar surface area (TPSA) is 61.8 Å². The maximum absolute atomic E-state index is 11.9. The zero-order chi connectivity index (χ0) is 27.7. The van der Waals surface area contributed by atoms with Crippen molar-refractivity contribution < 1.29 is 23.8 Å². The molecule has 4 aliphatic carbocycles. The number of hydrogen-bond donors (Lipinski definition) is 0. The molecule has 0 aliphatic heterocycles. The van der Waals surface area contributed by atoms with Crippen molar-refractivity contribution in [2.24, 2.45) is 17.8 Å². The zero-order valence-electron chi connectivity index (χ0n) is 23.7. The summed E-state index contributed by atoms with van der Waals surface area (Å²) in [5.41, 5.74) is 4.43. The summed E-state index contributed by atoms with van der Waals surface area (Å²) in [6.07, 6.45) is 10.9. The number of carbonyl (C=O) groups is 2. The van der Waals surface area contributed by atoms with Crippen molar-refractivity contribution in [3.05, 3.63) is 65.7 Å². The fourth-order valence-electron chi connectivity index (χ4n) is 8.13. The molecular formula is C35H40O5. The van der Waals surface area contributed by atoms with Crippen LogP contribution in [-0.4, -0.2) is 32.3 Å². The molecule has 0 aromatic heterocycles. The maximum atomic E-state index is 11.9. The molecule has 4 saturated carbocycles. The monoisotopic (exact) mass is 540 g/mol. The van der Waals surface area contributed by atoms with E-state index in [4.69, 9.17) is 14.2 Å². The number of methoxy groups -OCH3 is 1. The lowest BCUT2D eigenvalue weighted by atomic mass is 9.48. The second-order valence-corrected chi connectivity index (χ2v) is 12.4. The van der Waals surface area contributed by atoms with Crippen LogP contribution >= 0.6 is 0 Å². The first-order valence-electron chi connectivity index (χ1n) is 15.0. The Morgan fingerprint density at radius 3 is 2.08 bits per heavy atom. The predicted molar refractivity (Wildman–Crippen MR) is 157 cm³/mol. The molecule has 0 amide bonds. The third-order valence-corrected chi connectivity index (χ3v) is 9.54. The van der Waals surface area contributed by atoms with Gasteiger partial charge in [-0.2, -0.15) is 0 Å². The second-order valence-electron chi connectivity index (χ2n) is 12.4. The Balaban J connectivity index is 1.28. The van der Waals surface area contributed by atoms with Gasteiger partial charge in [-0.25, -0.2) is 4.79 Å². The molecular weight excluding hydrogens is 500 g/mol. The summed E-state index contributed by atoms with van der Waals surface area (Å²) in [4.78, 5) is 22.9. The average Bonchev–Trinajstić information content (AvgIpc) is 2.95. The van der Waals surface area contributed by atoms with Crippen molar-refractivity contribution in [3.63, 3.8) is 0 Å². The molecule has 4 bridgehead atoms. The average molecular weight is 541 g/mol. The third kappa shape index (κ3) is 5.48. The molecule has 0 radical (unpaired) electrons. The number of benzene rings is 3. The standard InChI is InChI=1S/C35H40O5/c1-23(36)39-12-4-3-5-13-40-33-19-30-11-10-29(27-6-8-28(9-7-27)34(37)38-2)17-31(30)18-32(33)35-20-24-14-25(21-35)16-26(15-24)22-35/h6-11,17-19,24-26H,3-5,12-16,20-22H2,1-2H3. The summed E-state index contributed by atoms with van der Waals surface area (Å²) in [5.74, 6) is 3.10. The minimum atomic E-state index is -0.317. The van der Waals surface area contributed by atoms with E-state index in [-0.39, 0.29) is 17.4 Å². The minimum Gasteiger partial charge on any atom is -0.493 e. The Kier molecular flexibility index (Phi) is 7.57. The van der Waals surface area contributed by atoms with E-state index in [0.29, 0.717) is 18.8 Å². The van der Waals surface area contributed by atoms with Gasteiger partial charge in [0.2, 0.25) is 0 Å². The van der Waals surface area contributed by atoms with Gasteiger partial charge in [-0.3, -0.25) is 4.79 Å². The van der Waals surface area contributed by atoms with Crippen LogP contribution in [0.2, 0.25) is 0 Å². The van der Waals surface area contributed by atoms with Gasteiger partial charge >= 0.3 is 11.9 Å². The summed E-state index contributed by atoms with van der Waals surface area (Å²) in [6.45, 7) is 2.62. The lowest BCUT2D eigenvalue weighted by Crippen LogP contribution is -2.48. The van der Waals surface area contributed by atoms with Crippen molar-refractivity contribution in [2.75, 3.05) is 20.3 Å². The first-order valence-corrected chi connectivity index (χ1v) is 15.0. The Morgan fingerprint density at radius 2 is 1.43 bits per heavy atom. The molecule has 4 fully saturated rings. The van der Waals surface area contributed by atoms with E-state index in [0.717, 1.165) is 53.9 Å². The summed E-state index contributed by atoms with van der Waals surface area (Å²) >= 11 is 0. The molecule has 0 unspecified atom stereocenters. The Hall–Kier alpha value is -3.34. The molecule has 4 aliphatic rings. The van der Waals surface area contributed by atoms with Gasteiger partial charge in [-0.05, 0) is 133 Å². The van der Waals surface area contributed by atoms with Crippen LogP contribution in [0.25, 0.3) is 21.9 Å². The summed E-state index contributed by atoms with van der Waals surface area (Å²) < 4.78 is 16.5. The van der Waals surface area contributed by atoms with Crippen LogP contribution in [-0.2, 0) is 19.7 Å². The normalized spacial score (nSPS) is 24.7. The lowest BCUT2D eigenvalue weighted by molar-refractivity contribution is -0.141. The van der Waals surface area contributed by atoms with E-state index in [1.807, 2.05) is 24.3 Å². The number of fused-ring (bicyclic) bond motifs is 1. The van der Waals surface area contributed by atoms with E-state index in [2.05, 4.69) is 30.3 Å². The molecule has 0 atom stereocenters. The van der Waals surface area contributed by atoms with Gasteiger partial charge in [-0.15, -0.1) is 0 Å². The van der Waals surface area contributed by atoms with Gasteiger partial charge in [0, 0.05) is 12.5 Å². The molecule has 0 saturated heterocycles. The quantitative estimate of drug-likeness (QED) is 0.193. The van der Waals surface area contributed by atoms with Gasteiger partial charge in [0.25, 0.3) is 0 Å². The largest absolute Gasteiger partial charge is 0.493 e. The van der Waals surface area contributed by atoms with Gasteiger partial charge in [-0.1, -0.05) is 24.3 Å². The Morgan fingerprint density at radius 1 is 0.775 bits per heavy atom. The predicted octanol–water partition coefficient (Wildman–Crippen LogP) is 7.87. The Bertz CT molecular complexity index is 1350. The highest BCUT2D eigenvalue weighted by molar-refractivity contribution is 5.92. The van der Waals surface area contributed by atoms with E-state index in [1.165, 1.54) is 68.9 Å². The van der Waals surface area contributed by atoms with Crippen LogP contribution < -0.4 is 4.74 Å². The number of hydrogen-bond acceptors (Lipinski definition) is 5. The highest BCUT2D eigenvalue weighted by Gasteiger charge is 2.52. The van der Waals surface area contributed by atoms with Gasteiger partial charge in [0.05, 0.1) is 25.9 Å². The summed E-state index contributed by atoms with van der Waals surface area (Å²) in [7, 11) is 1.41. The smallest absolute Gasteiger partial charge is 0.337 e. The van der Waals surface area contributed by atoms with Crippen molar-refractivity contribution >= 4 is 22.7 Å². The molecule has 3 aromatic rings. The zero-order valence-corrected chi connectivity index (χ0v) is 23.7. The van der Waals surface area contributed by atoms with E-state index in [9.17, 15) is 9.59 Å². The van der Waals surface area contributed by atoms with Crippen LogP contribution in [0.3, 0.4) is 0 Å². The van der Waals surface area contributed by atoms with Gasteiger partial charge in [0.15, 0.2) is 0 Å². The number of esters is 2. The van der Waals surface area contributed by atoms with Crippen LogP contribution in [0.4, 0.5) is 0 Å². The summed E-state index contributed by atoms with van der Waals surface area (Å²) in [6, 6.07) is 19.0. The molecule has 7 rings (SSSR count). The molecule has 3 aromatic carbocycles. The molecule has 210 valence electrons. The van der Waals surface area contributed by atoms with Crippen molar-refractivity contribution in [2.45, 2.75) is 70.1 Å². The molecule has 0 heterocycles.